The summed E-state index contributed by atoms with van der Waals surface area (Å²) in [6, 6.07) is 3.74. The van der Waals surface area contributed by atoms with Gasteiger partial charge in [0.1, 0.15) is 5.75 Å². The number of aryl methyl sites for hydroxylation is 1. The molecule has 0 aromatic heterocycles. The van der Waals surface area contributed by atoms with Crippen LogP contribution in [-0.4, -0.2) is 38.1 Å². The van der Waals surface area contributed by atoms with E-state index in [0.29, 0.717) is 24.5 Å². The highest BCUT2D eigenvalue weighted by Crippen LogP contribution is 2.29. The highest BCUT2D eigenvalue weighted by Gasteiger charge is 2.17. The van der Waals surface area contributed by atoms with Crippen molar-refractivity contribution in [1.82, 2.24) is 4.90 Å². The number of fused-ring (bicyclic) bond motifs is 1. The van der Waals surface area contributed by atoms with Crippen LogP contribution in [0.1, 0.15) is 34.3 Å². The number of hydrogen-bond acceptors (Lipinski definition) is 3. The first-order chi connectivity index (χ1) is 9.58. The quantitative estimate of drug-likeness (QED) is 0.828. The topological polar surface area (TPSA) is 55.6 Å². The Morgan fingerprint density at radius 2 is 2.20 bits per heavy atom. The Hall–Kier alpha value is -1.99. The van der Waals surface area contributed by atoms with E-state index < -0.39 is 5.91 Å². The van der Waals surface area contributed by atoms with Crippen LogP contribution in [0.25, 0.3) is 0 Å². The lowest BCUT2D eigenvalue weighted by Gasteiger charge is -2.11. The molecular weight excluding hydrogens is 252 g/mol. The number of amides is 1. The van der Waals surface area contributed by atoms with Gasteiger partial charge in [-0.2, -0.15) is 0 Å². The number of benzene rings is 1. The van der Waals surface area contributed by atoms with Crippen molar-refractivity contribution in [3.63, 3.8) is 0 Å². The Morgan fingerprint density at radius 1 is 1.40 bits per heavy atom. The van der Waals surface area contributed by atoms with Gasteiger partial charge in [-0.3, -0.25) is 9.69 Å². The molecule has 1 aromatic carbocycles. The lowest BCUT2D eigenvalue weighted by Crippen LogP contribution is -2.14. The minimum atomic E-state index is -0.459. The minimum Gasteiger partial charge on any atom is -0.492 e. The minimum absolute atomic E-state index is 0.443. The SMILES string of the molecule is CN(C)CC#Cc1cc2c(c(C(N)=O)c1)OCCCC2. The zero-order valence-corrected chi connectivity index (χ0v) is 12.0. The van der Waals surface area contributed by atoms with Crippen LogP contribution in [0.2, 0.25) is 0 Å². The molecule has 1 aromatic rings. The average Bonchev–Trinajstić information content (AvgIpc) is 2.62. The van der Waals surface area contributed by atoms with Crippen molar-refractivity contribution < 1.29 is 9.53 Å². The second kappa shape index (κ2) is 6.44. The molecule has 0 saturated heterocycles. The molecule has 0 aliphatic carbocycles. The number of ether oxygens (including phenoxy) is 1. The number of hydrogen-bond donors (Lipinski definition) is 1. The van der Waals surface area contributed by atoms with E-state index in [1.165, 1.54) is 0 Å². The average molecular weight is 272 g/mol. The number of rotatable bonds is 2. The van der Waals surface area contributed by atoms with Crippen molar-refractivity contribution in [2.24, 2.45) is 5.73 Å². The van der Waals surface area contributed by atoms with Gasteiger partial charge in [-0.25, -0.2) is 0 Å². The Kier molecular flexibility index (Phi) is 4.65. The zero-order chi connectivity index (χ0) is 14.5. The molecule has 106 valence electrons. The van der Waals surface area contributed by atoms with E-state index >= 15 is 0 Å². The van der Waals surface area contributed by atoms with Gasteiger partial charge in [-0.15, -0.1) is 0 Å². The fraction of sp³-hybridized carbons (Fsp3) is 0.438. The summed E-state index contributed by atoms with van der Waals surface area (Å²) in [5, 5.41) is 0. The highest BCUT2D eigenvalue weighted by atomic mass is 16.5. The summed E-state index contributed by atoms with van der Waals surface area (Å²) in [7, 11) is 3.93. The molecule has 0 atom stereocenters. The molecule has 0 fully saturated rings. The molecule has 2 N–H and O–H groups in total. The maximum atomic E-state index is 11.6. The predicted molar refractivity (Wildman–Crippen MR) is 78.8 cm³/mol. The zero-order valence-electron chi connectivity index (χ0n) is 12.0. The van der Waals surface area contributed by atoms with E-state index in [1.807, 2.05) is 25.1 Å². The summed E-state index contributed by atoms with van der Waals surface area (Å²) in [6.45, 7) is 1.32. The summed E-state index contributed by atoms with van der Waals surface area (Å²) in [4.78, 5) is 13.6. The first kappa shape index (κ1) is 14.4. The molecule has 2 rings (SSSR count). The van der Waals surface area contributed by atoms with Gasteiger partial charge in [-0.05, 0) is 51.1 Å². The molecule has 0 saturated carbocycles. The number of nitrogens with two attached hydrogens (primary N) is 1. The van der Waals surface area contributed by atoms with Crippen molar-refractivity contribution >= 4 is 5.91 Å². The highest BCUT2D eigenvalue weighted by molar-refractivity contribution is 5.96. The summed E-state index contributed by atoms with van der Waals surface area (Å²) >= 11 is 0. The third kappa shape index (κ3) is 3.52. The number of carbonyl (C=O) groups excluding carboxylic acids is 1. The van der Waals surface area contributed by atoms with Gasteiger partial charge in [0, 0.05) is 5.56 Å². The first-order valence-corrected chi connectivity index (χ1v) is 6.81. The molecule has 20 heavy (non-hydrogen) atoms. The lowest BCUT2D eigenvalue weighted by atomic mass is 10.0. The maximum Gasteiger partial charge on any atom is 0.252 e. The van der Waals surface area contributed by atoms with Crippen LogP contribution in [0.5, 0.6) is 5.75 Å². The molecule has 1 aliphatic heterocycles. The van der Waals surface area contributed by atoms with Crippen molar-refractivity contribution in [1.29, 1.82) is 0 Å². The van der Waals surface area contributed by atoms with E-state index in [9.17, 15) is 4.79 Å². The summed E-state index contributed by atoms with van der Waals surface area (Å²) in [5.41, 5.74) is 7.76. The van der Waals surface area contributed by atoms with Crippen LogP contribution in [0, 0.1) is 11.8 Å². The largest absolute Gasteiger partial charge is 0.492 e. The standard InChI is InChI=1S/C16H20N2O2/c1-18(2)8-5-6-12-10-13-7-3-4-9-20-15(13)14(11-12)16(17)19/h10-11H,3-4,7-9H2,1-2H3,(H2,17,19). The molecule has 1 aliphatic rings. The number of nitrogens with zero attached hydrogens (tertiary/aromatic N) is 1. The van der Waals surface area contributed by atoms with Gasteiger partial charge in [-0.1, -0.05) is 11.8 Å². The second-order valence-corrected chi connectivity index (χ2v) is 5.22. The van der Waals surface area contributed by atoms with Gasteiger partial charge in [0.25, 0.3) is 5.91 Å². The van der Waals surface area contributed by atoms with Crippen LogP contribution in [-0.2, 0) is 6.42 Å². The molecule has 0 spiro atoms. The van der Waals surface area contributed by atoms with Crippen molar-refractivity contribution in [3.05, 3.63) is 28.8 Å². The van der Waals surface area contributed by atoms with Crippen LogP contribution < -0.4 is 10.5 Å². The fourth-order valence-corrected chi connectivity index (χ4v) is 2.19. The normalized spacial score (nSPS) is 13.8. The van der Waals surface area contributed by atoms with Crippen molar-refractivity contribution in [2.75, 3.05) is 27.2 Å². The molecule has 1 heterocycles. The van der Waals surface area contributed by atoms with Gasteiger partial charge in [0.15, 0.2) is 0 Å². The van der Waals surface area contributed by atoms with Crippen LogP contribution in [0.3, 0.4) is 0 Å². The summed E-state index contributed by atoms with van der Waals surface area (Å²) in [5.74, 6) is 6.35. The van der Waals surface area contributed by atoms with Crippen molar-refractivity contribution in [3.8, 4) is 17.6 Å². The first-order valence-electron chi connectivity index (χ1n) is 6.81. The number of primary amides is 1. The second-order valence-electron chi connectivity index (χ2n) is 5.22. The molecule has 0 bridgehead atoms. The van der Waals surface area contributed by atoms with Crippen LogP contribution >= 0.6 is 0 Å². The van der Waals surface area contributed by atoms with Gasteiger partial charge in [0.05, 0.1) is 18.7 Å². The summed E-state index contributed by atoms with van der Waals surface area (Å²) < 4.78 is 5.68. The fourth-order valence-electron chi connectivity index (χ4n) is 2.19. The van der Waals surface area contributed by atoms with E-state index in [-0.39, 0.29) is 0 Å². The Morgan fingerprint density at radius 3 is 2.90 bits per heavy atom. The van der Waals surface area contributed by atoms with Crippen LogP contribution in [0.4, 0.5) is 0 Å². The Labute approximate surface area is 119 Å². The third-order valence-corrected chi connectivity index (χ3v) is 3.15. The smallest absolute Gasteiger partial charge is 0.252 e. The van der Waals surface area contributed by atoms with Gasteiger partial charge >= 0.3 is 0 Å². The van der Waals surface area contributed by atoms with Gasteiger partial charge < -0.3 is 10.5 Å². The van der Waals surface area contributed by atoms with Gasteiger partial charge in [0.2, 0.25) is 0 Å². The summed E-state index contributed by atoms with van der Waals surface area (Å²) in [6.07, 6.45) is 2.95. The maximum absolute atomic E-state index is 11.6. The third-order valence-electron chi connectivity index (χ3n) is 3.15. The van der Waals surface area contributed by atoms with Crippen LogP contribution in [0.15, 0.2) is 12.1 Å². The molecule has 4 heteroatoms. The van der Waals surface area contributed by atoms with Crippen molar-refractivity contribution in [2.45, 2.75) is 19.3 Å². The van der Waals surface area contributed by atoms with E-state index in [1.54, 1.807) is 6.07 Å². The van der Waals surface area contributed by atoms with E-state index in [2.05, 4.69) is 11.8 Å². The van der Waals surface area contributed by atoms with E-state index in [0.717, 1.165) is 30.4 Å². The molecule has 0 unspecified atom stereocenters. The Bertz CT molecular complexity index is 568. The van der Waals surface area contributed by atoms with E-state index in [4.69, 9.17) is 10.5 Å². The predicted octanol–water partition coefficient (Wildman–Crippen LogP) is 1.41. The molecule has 0 radical (unpaired) electrons. The monoisotopic (exact) mass is 272 g/mol. The lowest BCUT2D eigenvalue weighted by molar-refractivity contribution is 0.0996. The molecule has 1 amide bonds. The Balaban J connectivity index is 2.39. The molecular formula is C16H20N2O2. The molecule has 4 nitrogen and oxygen atoms in total. The number of carbonyl (C=O) groups is 1.